The molecular weight excluding hydrogens is 308 g/mol. The van der Waals surface area contributed by atoms with E-state index in [1.54, 1.807) is 18.1 Å². The molecule has 3 fully saturated rings. The second-order valence-electron chi connectivity index (χ2n) is 9.54. The first-order valence-corrected chi connectivity index (χ1v) is 10.4. The summed E-state index contributed by atoms with van der Waals surface area (Å²) in [4.78, 5) is 11.4. The van der Waals surface area contributed by atoms with Gasteiger partial charge in [0.2, 0.25) is 0 Å². The highest BCUT2D eigenvalue weighted by Gasteiger charge is 2.55. The molecule has 6 atom stereocenters. The SMILES string of the molecule is C/C=C1/CC[C@H]2[C@@H]3CCC4C[C@H](OC(C)=O)CC[C@]4(C)C3=CC[C@]12C. The van der Waals surface area contributed by atoms with Gasteiger partial charge in [0.25, 0.3) is 0 Å². The molecule has 0 amide bonds. The van der Waals surface area contributed by atoms with Gasteiger partial charge in [-0.2, -0.15) is 0 Å². The topological polar surface area (TPSA) is 26.3 Å². The van der Waals surface area contributed by atoms with Crippen LogP contribution in [0.5, 0.6) is 0 Å². The van der Waals surface area contributed by atoms with Crippen molar-refractivity contribution < 1.29 is 9.53 Å². The van der Waals surface area contributed by atoms with E-state index in [1.165, 1.54) is 38.5 Å². The molecule has 0 aromatic heterocycles. The van der Waals surface area contributed by atoms with Gasteiger partial charge in [0, 0.05) is 6.92 Å². The van der Waals surface area contributed by atoms with Crippen LogP contribution in [0.4, 0.5) is 0 Å². The predicted octanol–water partition coefficient (Wildman–Crippen LogP) is 5.83. The maximum absolute atomic E-state index is 11.4. The average Bonchev–Trinajstić information content (AvgIpc) is 2.91. The van der Waals surface area contributed by atoms with Crippen molar-refractivity contribution in [2.75, 3.05) is 0 Å². The van der Waals surface area contributed by atoms with Crippen molar-refractivity contribution in [2.45, 2.75) is 85.2 Å². The molecule has 4 aliphatic rings. The van der Waals surface area contributed by atoms with E-state index in [9.17, 15) is 4.79 Å². The second-order valence-corrected chi connectivity index (χ2v) is 9.54. The molecule has 25 heavy (non-hydrogen) atoms. The average molecular weight is 343 g/mol. The lowest BCUT2D eigenvalue weighted by atomic mass is 9.49. The molecule has 2 heteroatoms. The molecule has 0 N–H and O–H groups in total. The van der Waals surface area contributed by atoms with Gasteiger partial charge in [-0.15, -0.1) is 0 Å². The maximum atomic E-state index is 11.4. The Bertz CT molecular complexity index is 630. The highest BCUT2D eigenvalue weighted by atomic mass is 16.5. The summed E-state index contributed by atoms with van der Waals surface area (Å²) in [5.74, 6) is 2.23. The Morgan fingerprint density at radius 2 is 2.00 bits per heavy atom. The summed E-state index contributed by atoms with van der Waals surface area (Å²) in [5.41, 5.74) is 4.25. The predicted molar refractivity (Wildman–Crippen MR) is 101 cm³/mol. The molecule has 0 heterocycles. The summed E-state index contributed by atoms with van der Waals surface area (Å²) in [7, 11) is 0. The fraction of sp³-hybridized carbons (Fsp3) is 0.783. The number of hydrogen-bond acceptors (Lipinski definition) is 2. The standard InChI is InChI=1S/C23H34O2/c1-5-16-7-9-20-19-8-6-17-14-18(25-15(2)24)10-12-23(17,4)21(19)11-13-22(16,20)3/h5,11,17-20H,6-10,12-14H2,1-4H3/b16-5-/t17?,18-,19+,20+,22-,23+/m1/s1. The first kappa shape index (κ1) is 17.4. The lowest BCUT2D eigenvalue weighted by molar-refractivity contribution is -0.151. The van der Waals surface area contributed by atoms with Gasteiger partial charge in [0.1, 0.15) is 6.10 Å². The van der Waals surface area contributed by atoms with Crippen LogP contribution >= 0.6 is 0 Å². The zero-order valence-corrected chi connectivity index (χ0v) is 16.4. The Kier molecular flexibility index (Phi) is 4.16. The van der Waals surface area contributed by atoms with Gasteiger partial charge in [-0.05, 0) is 86.9 Å². The van der Waals surface area contributed by atoms with Crippen LogP contribution in [-0.2, 0) is 9.53 Å². The highest BCUT2D eigenvalue weighted by molar-refractivity contribution is 5.66. The van der Waals surface area contributed by atoms with E-state index in [4.69, 9.17) is 4.74 Å². The second kappa shape index (κ2) is 5.99. The van der Waals surface area contributed by atoms with Gasteiger partial charge in [0.05, 0.1) is 0 Å². The Balaban J connectivity index is 1.60. The van der Waals surface area contributed by atoms with Gasteiger partial charge < -0.3 is 4.74 Å². The molecule has 3 saturated carbocycles. The van der Waals surface area contributed by atoms with E-state index in [2.05, 4.69) is 32.9 Å². The van der Waals surface area contributed by atoms with Gasteiger partial charge >= 0.3 is 5.97 Å². The molecule has 138 valence electrons. The van der Waals surface area contributed by atoms with Crippen molar-refractivity contribution in [3.8, 4) is 0 Å². The molecular formula is C23H34O2. The fourth-order valence-electron chi connectivity index (χ4n) is 7.16. The lowest BCUT2D eigenvalue weighted by Crippen LogP contribution is -2.48. The van der Waals surface area contributed by atoms with Crippen molar-refractivity contribution in [1.82, 2.24) is 0 Å². The van der Waals surface area contributed by atoms with E-state index < -0.39 is 0 Å². The van der Waals surface area contributed by atoms with Crippen LogP contribution in [0.3, 0.4) is 0 Å². The number of hydrogen-bond donors (Lipinski definition) is 0. The van der Waals surface area contributed by atoms with Gasteiger partial charge in [-0.1, -0.05) is 37.1 Å². The zero-order valence-electron chi connectivity index (χ0n) is 16.4. The fourth-order valence-corrected chi connectivity index (χ4v) is 7.16. The lowest BCUT2D eigenvalue weighted by Gasteiger charge is -2.56. The summed E-state index contributed by atoms with van der Waals surface area (Å²) in [6, 6.07) is 0. The van der Waals surface area contributed by atoms with Crippen molar-refractivity contribution >= 4 is 5.97 Å². The summed E-state index contributed by atoms with van der Waals surface area (Å²) < 4.78 is 5.57. The molecule has 0 radical (unpaired) electrons. The van der Waals surface area contributed by atoms with E-state index in [-0.39, 0.29) is 12.1 Å². The van der Waals surface area contributed by atoms with E-state index in [0.29, 0.717) is 16.7 Å². The van der Waals surface area contributed by atoms with Crippen molar-refractivity contribution in [3.63, 3.8) is 0 Å². The van der Waals surface area contributed by atoms with Crippen molar-refractivity contribution in [1.29, 1.82) is 0 Å². The highest BCUT2D eigenvalue weighted by Crippen LogP contribution is 2.65. The molecule has 4 aliphatic carbocycles. The molecule has 0 aliphatic heterocycles. The Labute approximate surface area is 153 Å². The number of ether oxygens (including phenoxy) is 1. The molecule has 2 nitrogen and oxygen atoms in total. The number of fused-ring (bicyclic) bond motifs is 5. The molecule has 0 bridgehead atoms. The zero-order chi connectivity index (χ0) is 17.8. The third kappa shape index (κ3) is 2.54. The first-order chi connectivity index (χ1) is 11.9. The van der Waals surface area contributed by atoms with Crippen LogP contribution in [0.2, 0.25) is 0 Å². The van der Waals surface area contributed by atoms with Crippen molar-refractivity contribution in [3.05, 3.63) is 23.3 Å². The number of rotatable bonds is 1. The summed E-state index contributed by atoms with van der Waals surface area (Å²) in [6.45, 7) is 8.83. The third-order valence-electron chi connectivity index (χ3n) is 8.51. The Hall–Kier alpha value is -1.05. The summed E-state index contributed by atoms with van der Waals surface area (Å²) in [5, 5.41) is 0. The third-order valence-corrected chi connectivity index (χ3v) is 8.51. The van der Waals surface area contributed by atoms with Crippen LogP contribution in [0, 0.1) is 28.6 Å². The summed E-state index contributed by atoms with van der Waals surface area (Å²) >= 11 is 0. The first-order valence-electron chi connectivity index (χ1n) is 10.4. The van der Waals surface area contributed by atoms with E-state index >= 15 is 0 Å². The largest absolute Gasteiger partial charge is 0.463 e. The van der Waals surface area contributed by atoms with Crippen molar-refractivity contribution in [2.24, 2.45) is 28.6 Å². The van der Waals surface area contributed by atoms with E-state index in [0.717, 1.165) is 24.7 Å². The van der Waals surface area contributed by atoms with Crippen LogP contribution in [0.15, 0.2) is 23.3 Å². The van der Waals surface area contributed by atoms with Crippen LogP contribution in [0.1, 0.15) is 79.1 Å². The number of esters is 1. The minimum absolute atomic E-state index is 0.111. The van der Waals surface area contributed by atoms with Crippen LogP contribution in [-0.4, -0.2) is 12.1 Å². The van der Waals surface area contributed by atoms with Gasteiger partial charge in [0.15, 0.2) is 0 Å². The van der Waals surface area contributed by atoms with Gasteiger partial charge in [-0.3, -0.25) is 4.79 Å². The maximum Gasteiger partial charge on any atom is 0.302 e. The normalized spacial score (nSPS) is 47.5. The smallest absolute Gasteiger partial charge is 0.302 e. The number of carbonyl (C=O) groups excluding carboxylic acids is 1. The number of carbonyl (C=O) groups is 1. The summed E-state index contributed by atoms with van der Waals surface area (Å²) in [6.07, 6.45) is 15.1. The molecule has 0 spiro atoms. The minimum atomic E-state index is -0.111. The molecule has 0 saturated heterocycles. The van der Waals surface area contributed by atoms with Crippen LogP contribution < -0.4 is 0 Å². The minimum Gasteiger partial charge on any atom is -0.463 e. The molecule has 0 aromatic rings. The molecule has 0 aromatic carbocycles. The Morgan fingerprint density at radius 1 is 1.20 bits per heavy atom. The molecule has 1 unspecified atom stereocenters. The van der Waals surface area contributed by atoms with Gasteiger partial charge in [-0.25, -0.2) is 0 Å². The monoisotopic (exact) mass is 342 g/mol. The van der Waals surface area contributed by atoms with E-state index in [1.807, 2.05) is 0 Å². The van der Waals surface area contributed by atoms with Crippen LogP contribution in [0.25, 0.3) is 0 Å². The quantitative estimate of drug-likeness (QED) is 0.443. The molecule has 4 rings (SSSR count). The number of allylic oxidation sites excluding steroid dienone is 4. The Morgan fingerprint density at radius 3 is 2.72 bits per heavy atom.